The highest BCUT2D eigenvalue weighted by atomic mass is 32.2. The molecule has 0 saturated carbocycles. The Labute approximate surface area is 194 Å². The maximum Gasteiger partial charge on any atom is 0.266 e. The number of thiocarbonyl (C=S) groups is 1. The van der Waals surface area contributed by atoms with Crippen LogP contribution in [0.25, 0.3) is 6.08 Å². The fraction of sp³-hybridized carbons (Fsp3) is 0.545. The summed E-state index contributed by atoms with van der Waals surface area (Å²) in [6, 6.07) is 5.19. The molecule has 0 unspecified atom stereocenters. The summed E-state index contributed by atoms with van der Waals surface area (Å²) in [5.41, 5.74) is 0.798. The van der Waals surface area contributed by atoms with E-state index in [2.05, 4.69) is 6.92 Å². The van der Waals surface area contributed by atoms with Gasteiger partial charge in [-0.15, -0.1) is 0 Å². The van der Waals surface area contributed by atoms with Crippen LogP contribution < -0.4 is 9.47 Å². The number of amides is 1. The predicted octanol–water partition coefficient (Wildman–Crippen LogP) is 4.43. The van der Waals surface area contributed by atoms with Gasteiger partial charge in [0.25, 0.3) is 5.91 Å². The Bertz CT molecular complexity index is 958. The average molecular weight is 484 g/mol. The second kappa shape index (κ2) is 10.8. The highest BCUT2D eigenvalue weighted by Gasteiger charge is 2.42. The van der Waals surface area contributed by atoms with Gasteiger partial charge in [0, 0.05) is 0 Å². The predicted molar refractivity (Wildman–Crippen MR) is 129 cm³/mol. The molecule has 9 heteroatoms. The Balaban J connectivity index is 1.66. The number of benzene rings is 1. The van der Waals surface area contributed by atoms with Gasteiger partial charge in [-0.1, -0.05) is 62.7 Å². The molecule has 2 fully saturated rings. The number of unbranched alkanes of at least 4 members (excludes halogenated alkanes) is 4. The van der Waals surface area contributed by atoms with Crippen molar-refractivity contribution in [1.82, 2.24) is 4.90 Å². The minimum Gasteiger partial charge on any atom is -0.493 e. The normalized spacial score (nSPS) is 21.8. The maximum atomic E-state index is 12.9. The number of carbonyl (C=O) groups excluding carboxylic acids is 1. The molecule has 2 saturated heterocycles. The van der Waals surface area contributed by atoms with Crippen LogP contribution in [0.5, 0.6) is 11.5 Å². The first-order chi connectivity index (χ1) is 14.8. The third-order valence-electron chi connectivity index (χ3n) is 5.39. The molecule has 0 bridgehead atoms. The summed E-state index contributed by atoms with van der Waals surface area (Å²) in [5, 5.41) is 0. The van der Waals surface area contributed by atoms with Crippen molar-refractivity contribution in [2.45, 2.75) is 51.5 Å². The summed E-state index contributed by atoms with van der Waals surface area (Å²) < 4.78 is 35.3. The van der Waals surface area contributed by atoms with E-state index in [1.165, 1.54) is 35.9 Å². The van der Waals surface area contributed by atoms with Gasteiger partial charge in [0.2, 0.25) is 0 Å². The van der Waals surface area contributed by atoms with Crippen molar-refractivity contribution in [3.63, 3.8) is 0 Å². The van der Waals surface area contributed by atoms with E-state index in [-0.39, 0.29) is 23.5 Å². The van der Waals surface area contributed by atoms with Crippen LogP contribution in [0.4, 0.5) is 0 Å². The van der Waals surface area contributed by atoms with Crippen LogP contribution in [-0.2, 0) is 14.6 Å². The summed E-state index contributed by atoms with van der Waals surface area (Å²) in [5.74, 6) is 1.14. The van der Waals surface area contributed by atoms with Gasteiger partial charge >= 0.3 is 0 Å². The fourth-order valence-electron chi connectivity index (χ4n) is 3.71. The number of carbonyl (C=O) groups is 1. The van der Waals surface area contributed by atoms with E-state index in [1.54, 1.807) is 13.2 Å². The van der Waals surface area contributed by atoms with E-state index in [1.807, 2.05) is 18.2 Å². The summed E-state index contributed by atoms with van der Waals surface area (Å²) >= 11 is 6.57. The van der Waals surface area contributed by atoms with Gasteiger partial charge in [0.05, 0.1) is 36.2 Å². The molecule has 2 aliphatic rings. The Morgan fingerprint density at radius 3 is 2.68 bits per heavy atom. The number of sulfone groups is 1. The van der Waals surface area contributed by atoms with Crippen molar-refractivity contribution in [2.24, 2.45) is 0 Å². The third kappa shape index (κ3) is 6.23. The average Bonchev–Trinajstić information content (AvgIpc) is 3.22. The van der Waals surface area contributed by atoms with E-state index in [0.29, 0.717) is 33.8 Å². The molecule has 0 radical (unpaired) electrons. The molecule has 1 amide bonds. The van der Waals surface area contributed by atoms with E-state index in [9.17, 15) is 13.2 Å². The standard InChI is InChI=1S/C22H29NO5S3/c1-3-4-5-6-7-11-28-18-9-8-16(13-19(18)27-2)14-20-21(24)23(22(29)30-20)17-10-12-31(25,26)15-17/h8-9,13-14,17H,3-7,10-12,15H2,1-2H3/b20-14+/t17-/m0/s1. The van der Waals surface area contributed by atoms with Gasteiger partial charge in [0.15, 0.2) is 21.3 Å². The van der Waals surface area contributed by atoms with Gasteiger partial charge in [-0.2, -0.15) is 0 Å². The van der Waals surface area contributed by atoms with Crippen LogP contribution in [0.3, 0.4) is 0 Å². The number of hydrogen-bond acceptors (Lipinski definition) is 7. The SMILES string of the molecule is CCCCCCCOc1ccc(/C=C2/SC(=S)N([C@H]3CCS(=O)(=O)C3)C2=O)cc1OC. The molecule has 31 heavy (non-hydrogen) atoms. The van der Waals surface area contributed by atoms with Crippen molar-refractivity contribution < 1.29 is 22.7 Å². The maximum absolute atomic E-state index is 12.9. The van der Waals surface area contributed by atoms with Crippen LogP contribution >= 0.6 is 24.0 Å². The molecular weight excluding hydrogens is 454 g/mol. The molecule has 0 spiro atoms. The highest BCUT2D eigenvalue weighted by Crippen LogP contribution is 2.37. The lowest BCUT2D eigenvalue weighted by Gasteiger charge is -2.20. The topological polar surface area (TPSA) is 72.9 Å². The summed E-state index contributed by atoms with van der Waals surface area (Å²) in [4.78, 5) is 14.8. The Morgan fingerprint density at radius 2 is 2.00 bits per heavy atom. The molecule has 0 aromatic heterocycles. The fourth-order valence-corrected chi connectivity index (χ4v) is 6.81. The second-order valence-corrected chi connectivity index (χ2v) is 11.7. The zero-order chi connectivity index (χ0) is 22.4. The second-order valence-electron chi connectivity index (χ2n) is 7.78. The molecule has 170 valence electrons. The van der Waals surface area contributed by atoms with Gasteiger partial charge in [0.1, 0.15) is 4.32 Å². The van der Waals surface area contributed by atoms with Crippen molar-refractivity contribution >= 4 is 50.1 Å². The molecule has 1 atom stereocenters. The van der Waals surface area contributed by atoms with Crippen molar-refractivity contribution in [3.05, 3.63) is 28.7 Å². The zero-order valence-corrected chi connectivity index (χ0v) is 20.4. The van der Waals surface area contributed by atoms with Gasteiger partial charge in [-0.3, -0.25) is 9.69 Å². The summed E-state index contributed by atoms with van der Waals surface area (Å²) in [6.07, 6.45) is 8.04. The van der Waals surface area contributed by atoms with E-state index in [0.717, 1.165) is 18.4 Å². The molecule has 2 aliphatic heterocycles. The molecule has 0 aliphatic carbocycles. The van der Waals surface area contributed by atoms with Gasteiger partial charge in [-0.25, -0.2) is 8.42 Å². The van der Waals surface area contributed by atoms with Crippen LogP contribution in [0, 0.1) is 0 Å². The van der Waals surface area contributed by atoms with Crippen molar-refractivity contribution in [2.75, 3.05) is 25.2 Å². The van der Waals surface area contributed by atoms with E-state index in [4.69, 9.17) is 21.7 Å². The van der Waals surface area contributed by atoms with Gasteiger partial charge in [-0.05, 0) is 36.6 Å². The first kappa shape index (κ1) is 24.1. The van der Waals surface area contributed by atoms with Crippen LogP contribution in [0.15, 0.2) is 23.1 Å². The number of thioether (sulfide) groups is 1. The smallest absolute Gasteiger partial charge is 0.266 e. The number of ether oxygens (including phenoxy) is 2. The largest absolute Gasteiger partial charge is 0.493 e. The highest BCUT2D eigenvalue weighted by molar-refractivity contribution is 8.26. The quantitative estimate of drug-likeness (QED) is 0.277. The molecule has 1 aromatic carbocycles. The first-order valence-electron chi connectivity index (χ1n) is 10.6. The lowest BCUT2D eigenvalue weighted by atomic mass is 10.1. The number of hydrogen-bond donors (Lipinski definition) is 0. The van der Waals surface area contributed by atoms with Crippen molar-refractivity contribution in [1.29, 1.82) is 0 Å². The molecule has 0 N–H and O–H groups in total. The lowest BCUT2D eigenvalue weighted by molar-refractivity contribution is -0.123. The number of methoxy groups -OCH3 is 1. The Hall–Kier alpha value is -1.58. The first-order valence-corrected chi connectivity index (χ1v) is 13.7. The minimum atomic E-state index is -3.10. The summed E-state index contributed by atoms with van der Waals surface area (Å²) in [7, 11) is -1.51. The third-order valence-corrected chi connectivity index (χ3v) is 8.47. The summed E-state index contributed by atoms with van der Waals surface area (Å²) in [6.45, 7) is 2.84. The monoisotopic (exact) mass is 483 g/mol. The Kier molecular flexibility index (Phi) is 8.41. The molecule has 2 heterocycles. The Morgan fingerprint density at radius 1 is 1.23 bits per heavy atom. The van der Waals surface area contributed by atoms with E-state index < -0.39 is 9.84 Å². The van der Waals surface area contributed by atoms with Crippen LogP contribution in [0.2, 0.25) is 0 Å². The zero-order valence-electron chi connectivity index (χ0n) is 18.0. The minimum absolute atomic E-state index is 0.0228. The number of rotatable bonds is 10. The molecule has 6 nitrogen and oxygen atoms in total. The number of nitrogens with zero attached hydrogens (tertiary/aromatic N) is 1. The van der Waals surface area contributed by atoms with Crippen LogP contribution in [0.1, 0.15) is 51.0 Å². The van der Waals surface area contributed by atoms with Gasteiger partial charge < -0.3 is 9.47 Å². The molecule has 1 aromatic rings. The van der Waals surface area contributed by atoms with Crippen LogP contribution in [-0.4, -0.2) is 54.8 Å². The molecule has 3 rings (SSSR count). The van der Waals surface area contributed by atoms with Crippen molar-refractivity contribution in [3.8, 4) is 11.5 Å². The van der Waals surface area contributed by atoms with E-state index >= 15 is 0 Å². The lowest BCUT2D eigenvalue weighted by Crippen LogP contribution is -2.39. The molecular formula is C22H29NO5S3.